The lowest BCUT2D eigenvalue weighted by Gasteiger charge is -2.25. The molecule has 0 aliphatic carbocycles. The summed E-state index contributed by atoms with van der Waals surface area (Å²) in [6.07, 6.45) is 1.60. The van der Waals surface area contributed by atoms with Gasteiger partial charge in [-0.3, -0.25) is 0 Å². The average Bonchev–Trinajstić information content (AvgIpc) is 1.85. The minimum Gasteiger partial charge on any atom is -0.478 e. The molecule has 0 aromatic heterocycles. The molecule has 3 N–H and O–H groups in total. The van der Waals surface area contributed by atoms with Crippen LogP contribution in [0.2, 0.25) is 0 Å². The Morgan fingerprint density at radius 2 is 2.00 bits per heavy atom. The topological polar surface area (TPSA) is 63.3 Å². The average molecular weight is 171 g/mol. The second-order valence-electron chi connectivity index (χ2n) is 3.65. The maximum Gasteiger partial charge on any atom is 0.331 e. The molecule has 0 spiro atoms. The van der Waals surface area contributed by atoms with E-state index in [-0.39, 0.29) is 5.92 Å². The number of nitrogens with two attached hydrogens (primary N) is 1. The Morgan fingerprint density at radius 1 is 1.58 bits per heavy atom. The lowest BCUT2D eigenvalue weighted by Crippen LogP contribution is -2.40. The normalized spacial score (nSPS) is 17.7. The highest BCUT2D eigenvalue weighted by Crippen LogP contribution is 2.16. The molecule has 0 aromatic carbocycles. The van der Waals surface area contributed by atoms with Crippen LogP contribution in [0.15, 0.2) is 11.6 Å². The van der Waals surface area contributed by atoms with Gasteiger partial charge in [-0.1, -0.05) is 19.9 Å². The van der Waals surface area contributed by atoms with Crippen LogP contribution in [0, 0.1) is 5.92 Å². The highest BCUT2D eigenvalue weighted by Gasteiger charge is 2.21. The van der Waals surface area contributed by atoms with Crippen LogP contribution >= 0.6 is 0 Å². The van der Waals surface area contributed by atoms with Gasteiger partial charge in [-0.05, 0) is 19.8 Å². The van der Waals surface area contributed by atoms with Gasteiger partial charge in [0.1, 0.15) is 0 Å². The van der Waals surface area contributed by atoms with Crippen LogP contribution in [0.5, 0.6) is 0 Å². The van der Waals surface area contributed by atoms with E-state index in [1.165, 1.54) is 0 Å². The summed E-state index contributed by atoms with van der Waals surface area (Å²) in [6, 6.07) is 0. The molecule has 0 aliphatic rings. The number of rotatable bonds is 3. The van der Waals surface area contributed by atoms with Gasteiger partial charge in [0, 0.05) is 11.1 Å². The molecule has 0 fully saturated rings. The second kappa shape index (κ2) is 3.72. The van der Waals surface area contributed by atoms with Crippen molar-refractivity contribution in [3.63, 3.8) is 0 Å². The van der Waals surface area contributed by atoms with Crippen molar-refractivity contribution in [3.8, 4) is 0 Å². The summed E-state index contributed by atoms with van der Waals surface area (Å²) in [4.78, 5) is 10.5. The van der Waals surface area contributed by atoms with Crippen LogP contribution in [0.3, 0.4) is 0 Å². The molecule has 12 heavy (non-hydrogen) atoms. The van der Waals surface area contributed by atoms with Crippen molar-refractivity contribution in [2.45, 2.75) is 33.2 Å². The minimum absolute atomic E-state index is 0.229. The standard InChI is InChI=1S/C9H17NO2/c1-6(2)9(4,10)5-7(3)8(11)12/h5-6H,10H2,1-4H3,(H,11,12). The van der Waals surface area contributed by atoms with E-state index in [0.29, 0.717) is 5.57 Å². The summed E-state index contributed by atoms with van der Waals surface area (Å²) in [7, 11) is 0. The number of carboxylic acid groups (broad SMARTS) is 1. The molecule has 3 heteroatoms. The van der Waals surface area contributed by atoms with Crippen LogP contribution in [-0.2, 0) is 4.79 Å². The Labute approximate surface area is 73.3 Å². The van der Waals surface area contributed by atoms with E-state index < -0.39 is 11.5 Å². The summed E-state index contributed by atoms with van der Waals surface area (Å²) in [5.74, 6) is -0.681. The Balaban J connectivity index is 4.61. The lowest BCUT2D eigenvalue weighted by molar-refractivity contribution is -0.132. The molecule has 1 unspecified atom stereocenters. The first kappa shape index (κ1) is 11.2. The molecule has 0 saturated heterocycles. The predicted octanol–water partition coefficient (Wildman–Crippen LogP) is 1.39. The first-order valence-electron chi connectivity index (χ1n) is 3.99. The van der Waals surface area contributed by atoms with Crippen molar-refractivity contribution in [3.05, 3.63) is 11.6 Å². The van der Waals surface area contributed by atoms with Crippen molar-refractivity contribution in [2.75, 3.05) is 0 Å². The van der Waals surface area contributed by atoms with Gasteiger partial charge in [-0.15, -0.1) is 0 Å². The van der Waals surface area contributed by atoms with Crippen molar-refractivity contribution in [1.29, 1.82) is 0 Å². The largest absolute Gasteiger partial charge is 0.478 e. The fraction of sp³-hybridized carbons (Fsp3) is 0.667. The summed E-state index contributed by atoms with van der Waals surface area (Å²) in [6.45, 7) is 7.30. The van der Waals surface area contributed by atoms with Gasteiger partial charge >= 0.3 is 5.97 Å². The van der Waals surface area contributed by atoms with Gasteiger partial charge in [-0.2, -0.15) is 0 Å². The molecule has 0 rings (SSSR count). The minimum atomic E-state index is -0.910. The lowest BCUT2D eigenvalue weighted by atomic mass is 9.88. The van der Waals surface area contributed by atoms with Crippen LogP contribution in [-0.4, -0.2) is 16.6 Å². The zero-order chi connectivity index (χ0) is 9.94. The van der Waals surface area contributed by atoms with Crippen molar-refractivity contribution in [2.24, 2.45) is 11.7 Å². The third kappa shape index (κ3) is 3.05. The van der Waals surface area contributed by atoms with E-state index in [1.54, 1.807) is 13.0 Å². The molecule has 0 amide bonds. The zero-order valence-corrected chi connectivity index (χ0v) is 8.09. The molecule has 0 aliphatic heterocycles. The Bertz CT molecular complexity index is 205. The van der Waals surface area contributed by atoms with E-state index in [2.05, 4.69) is 0 Å². The van der Waals surface area contributed by atoms with Gasteiger partial charge < -0.3 is 10.8 Å². The fourth-order valence-corrected chi connectivity index (χ4v) is 0.695. The number of aliphatic carboxylic acids is 1. The fourth-order valence-electron chi connectivity index (χ4n) is 0.695. The smallest absolute Gasteiger partial charge is 0.331 e. The SMILES string of the molecule is CC(=CC(C)(N)C(C)C)C(=O)O. The first-order valence-corrected chi connectivity index (χ1v) is 3.99. The maximum atomic E-state index is 10.5. The van der Waals surface area contributed by atoms with Gasteiger partial charge in [0.05, 0.1) is 0 Å². The molecule has 70 valence electrons. The van der Waals surface area contributed by atoms with E-state index in [1.807, 2.05) is 20.8 Å². The van der Waals surface area contributed by atoms with Crippen molar-refractivity contribution < 1.29 is 9.90 Å². The molecule has 0 saturated carbocycles. The van der Waals surface area contributed by atoms with Crippen LogP contribution in [0.25, 0.3) is 0 Å². The summed E-state index contributed by atoms with van der Waals surface area (Å²) >= 11 is 0. The molecular formula is C9H17NO2. The molecule has 1 atom stereocenters. The van der Waals surface area contributed by atoms with Crippen LogP contribution < -0.4 is 5.73 Å². The molecule has 3 nitrogen and oxygen atoms in total. The predicted molar refractivity (Wildman–Crippen MR) is 48.8 cm³/mol. The van der Waals surface area contributed by atoms with E-state index in [9.17, 15) is 4.79 Å². The molecule has 0 heterocycles. The van der Waals surface area contributed by atoms with E-state index in [4.69, 9.17) is 10.8 Å². The van der Waals surface area contributed by atoms with E-state index >= 15 is 0 Å². The Kier molecular flexibility index (Phi) is 3.46. The van der Waals surface area contributed by atoms with Gasteiger partial charge in [0.15, 0.2) is 0 Å². The zero-order valence-electron chi connectivity index (χ0n) is 8.09. The van der Waals surface area contributed by atoms with E-state index in [0.717, 1.165) is 0 Å². The number of carbonyl (C=O) groups is 1. The molecule has 0 bridgehead atoms. The van der Waals surface area contributed by atoms with Crippen molar-refractivity contribution >= 4 is 5.97 Å². The highest BCUT2D eigenvalue weighted by atomic mass is 16.4. The van der Waals surface area contributed by atoms with Gasteiger partial charge in [0.2, 0.25) is 0 Å². The summed E-state index contributed by atoms with van der Waals surface area (Å²) in [5.41, 5.74) is 5.62. The summed E-state index contributed by atoms with van der Waals surface area (Å²) < 4.78 is 0. The number of hydrogen-bond donors (Lipinski definition) is 2. The van der Waals surface area contributed by atoms with Gasteiger partial charge in [0.25, 0.3) is 0 Å². The third-order valence-corrected chi connectivity index (χ3v) is 2.11. The molecular weight excluding hydrogens is 154 g/mol. The Morgan fingerprint density at radius 3 is 2.25 bits per heavy atom. The number of carboxylic acids is 1. The second-order valence-corrected chi connectivity index (χ2v) is 3.65. The molecule has 0 aromatic rings. The van der Waals surface area contributed by atoms with Gasteiger partial charge in [-0.25, -0.2) is 4.79 Å². The first-order chi connectivity index (χ1) is 5.27. The third-order valence-electron chi connectivity index (χ3n) is 2.11. The number of hydrogen-bond acceptors (Lipinski definition) is 2. The monoisotopic (exact) mass is 171 g/mol. The van der Waals surface area contributed by atoms with Crippen LogP contribution in [0.4, 0.5) is 0 Å². The highest BCUT2D eigenvalue weighted by molar-refractivity contribution is 5.86. The van der Waals surface area contributed by atoms with Crippen molar-refractivity contribution in [1.82, 2.24) is 0 Å². The summed E-state index contributed by atoms with van der Waals surface area (Å²) in [5, 5.41) is 8.60. The Hall–Kier alpha value is -0.830. The maximum absolute atomic E-state index is 10.5. The van der Waals surface area contributed by atoms with Crippen LogP contribution in [0.1, 0.15) is 27.7 Å². The quantitative estimate of drug-likeness (QED) is 0.631. The molecule has 0 radical (unpaired) electrons.